The van der Waals surface area contributed by atoms with Crippen LogP contribution in [0.3, 0.4) is 0 Å². The van der Waals surface area contributed by atoms with Crippen molar-refractivity contribution in [3.05, 3.63) is 78.7 Å². The fourth-order valence-corrected chi connectivity index (χ4v) is 2.85. The van der Waals surface area contributed by atoms with Gasteiger partial charge in [-0.2, -0.15) is 0 Å². The van der Waals surface area contributed by atoms with E-state index in [2.05, 4.69) is 15.5 Å². The lowest BCUT2D eigenvalue weighted by Crippen LogP contribution is -1.99. The molecule has 0 atom stereocenters. The predicted octanol–water partition coefficient (Wildman–Crippen LogP) is 5.16. The van der Waals surface area contributed by atoms with Crippen LogP contribution >= 0.6 is 0 Å². The van der Waals surface area contributed by atoms with Crippen LogP contribution in [-0.4, -0.2) is 24.4 Å². The van der Waals surface area contributed by atoms with Crippen LogP contribution in [0.25, 0.3) is 11.5 Å². The molecule has 0 amide bonds. The van der Waals surface area contributed by atoms with Gasteiger partial charge in [-0.05, 0) is 54.6 Å². The Morgan fingerprint density at radius 1 is 0.800 bits per heavy atom. The molecule has 0 unspecified atom stereocenters. The molecule has 1 heterocycles. The van der Waals surface area contributed by atoms with E-state index < -0.39 is 0 Å². The van der Waals surface area contributed by atoms with Gasteiger partial charge in [-0.15, -0.1) is 10.2 Å². The molecule has 1 N–H and O–H groups in total. The van der Waals surface area contributed by atoms with Gasteiger partial charge in [0.25, 0.3) is 0 Å². The largest absolute Gasteiger partial charge is 0.493 e. The number of hydrogen-bond donors (Lipinski definition) is 1. The number of para-hydroxylation sites is 1. The van der Waals surface area contributed by atoms with Gasteiger partial charge in [0.05, 0.1) is 20.8 Å². The second-order valence-corrected chi connectivity index (χ2v) is 6.36. The van der Waals surface area contributed by atoms with Crippen LogP contribution in [0.15, 0.2) is 77.2 Å². The van der Waals surface area contributed by atoms with Crippen LogP contribution in [0, 0.1) is 0 Å². The van der Waals surface area contributed by atoms with Crippen LogP contribution in [0.4, 0.5) is 5.69 Å². The van der Waals surface area contributed by atoms with Gasteiger partial charge in [-0.1, -0.05) is 18.2 Å². The smallest absolute Gasteiger partial charge is 0.247 e. The molecule has 0 bridgehead atoms. The van der Waals surface area contributed by atoms with Gasteiger partial charge >= 0.3 is 0 Å². The number of methoxy groups -OCH3 is 2. The highest BCUT2D eigenvalue weighted by Crippen LogP contribution is 2.31. The first-order valence-electron chi connectivity index (χ1n) is 9.37. The molecule has 1 aromatic heterocycles. The predicted molar refractivity (Wildman–Crippen MR) is 113 cm³/mol. The van der Waals surface area contributed by atoms with Crippen LogP contribution in [0.2, 0.25) is 0 Å². The third-order valence-electron chi connectivity index (χ3n) is 4.37. The van der Waals surface area contributed by atoms with Crippen molar-refractivity contribution in [2.45, 2.75) is 6.54 Å². The fraction of sp³-hybridized carbons (Fsp3) is 0.130. The second kappa shape index (κ2) is 9.00. The molecule has 4 aromatic rings. The Morgan fingerprint density at radius 2 is 1.53 bits per heavy atom. The molecule has 0 aliphatic carbocycles. The van der Waals surface area contributed by atoms with Crippen molar-refractivity contribution in [2.24, 2.45) is 0 Å². The summed E-state index contributed by atoms with van der Waals surface area (Å²) in [6, 6.07) is 22.8. The Bertz CT molecular complexity index is 1100. The third-order valence-corrected chi connectivity index (χ3v) is 4.37. The van der Waals surface area contributed by atoms with Crippen LogP contribution in [0.1, 0.15) is 5.89 Å². The standard InChI is InChI=1S/C23H21N3O4/c1-27-20-13-8-16(14-21(20)28-2)23-26-25-22(30-23)15-24-17-9-11-19(12-10-17)29-18-6-4-3-5-7-18/h3-14,24H,15H2,1-2H3. The lowest BCUT2D eigenvalue weighted by Gasteiger charge is -2.08. The number of anilines is 1. The first kappa shape index (κ1) is 19.3. The van der Waals surface area contributed by atoms with Crippen molar-refractivity contribution >= 4 is 5.69 Å². The molecule has 7 nitrogen and oxygen atoms in total. The fourth-order valence-electron chi connectivity index (χ4n) is 2.85. The topological polar surface area (TPSA) is 78.6 Å². The summed E-state index contributed by atoms with van der Waals surface area (Å²) < 4.78 is 22.1. The van der Waals surface area contributed by atoms with Crippen molar-refractivity contribution in [1.29, 1.82) is 0 Å². The summed E-state index contributed by atoms with van der Waals surface area (Å²) in [5.41, 5.74) is 1.68. The average Bonchev–Trinajstić information content (AvgIpc) is 3.28. The van der Waals surface area contributed by atoms with Crippen molar-refractivity contribution < 1.29 is 18.6 Å². The molecule has 0 saturated heterocycles. The Balaban J connectivity index is 1.37. The maximum absolute atomic E-state index is 5.80. The van der Waals surface area contributed by atoms with Crippen LogP contribution in [-0.2, 0) is 6.54 Å². The van der Waals surface area contributed by atoms with Gasteiger partial charge in [0.2, 0.25) is 11.8 Å². The quantitative estimate of drug-likeness (QED) is 0.435. The molecule has 0 radical (unpaired) electrons. The summed E-state index contributed by atoms with van der Waals surface area (Å²) in [4.78, 5) is 0. The summed E-state index contributed by atoms with van der Waals surface area (Å²) in [5, 5.41) is 11.5. The van der Waals surface area contributed by atoms with E-state index in [1.54, 1.807) is 26.4 Å². The minimum absolute atomic E-state index is 0.402. The number of hydrogen-bond acceptors (Lipinski definition) is 7. The summed E-state index contributed by atoms with van der Waals surface area (Å²) in [6.07, 6.45) is 0. The van der Waals surface area contributed by atoms with E-state index >= 15 is 0 Å². The molecule has 3 aromatic carbocycles. The lowest BCUT2D eigenvalue weighted by molar-refractivity contribution is 0.355. The molecule has 4 rings (SSSR count). The zero-order chi connectivity index (χ0) is 20.8. The van der Waals surface area contributed by atoms with Crippen molar-refractivity contribution in [3.8, 4) is 34.5 Å². The summed E-state index contributed by atoms with van der Waals surface area (Å²) >= 11 is 0. The van der Waals surface area contributed by atoms with Crippen molar-refractivity contribution in [2.75, 3.05) is 19.5 Å². The molecule has 7 heteroatoms. The minimum Gasteiger partial charge on any atom is -0.493 e. The molecule has 0 saturated carbocycles. The Hall–Kier alpha value is -4.00. The molecule has 0 fully saturated rings. The van der Waals surface area contributed by atoms with E-state index in [1.165, 1.54) is 0 Å². The minimum atomic E-state index is 0.402. The van der Waals surface area contributed by atoms with Crippen LogP contribution in [0.5, 0.6) is 23.0 Å². The van der Waals surface area contributed by atoms with Crippen LogP contribution < -0.4 is 19.5 Å². The van der Waals surface area contributed by atoms with Gasteiger partial charge in [-0.3, -0.25) is 0 Å². The molecule has 0 aliphatic rings. The van der Waals surface area contributed by atoms with E-state index in [9.17, 15) is 0 Å². The molecular formula is C23H21N3O4. The average molecular weight is 403 g/mol. The van der Waals surface area contributed by atoms with Gasteiger partial charge < -0.3 is 23.9 Å². The van der Waals surface area contributed by atoms with Crippen molar-refractivity contribution in [3.63, 3.8) is 0 Å². The number of rotatable bonds is 8. The molecule has 152 valence electrons. The highest BCUT2D eigenvalue weighted by molar-refractivity contribution is 5.59. The third kappa shape index (κ3) is 4.52. The molecule has 30 heavy (non-hydrogen) atoms. The number of benzene rings is 3. The van der Waals surface area contributed by atoms with E-state index in [0.29, 0.717) is 29.8 Å². The maximum atomic E-state index is 5.80. The van der Waals surface area contributed by atoms with Crippen molar-refractivity contribution in [1.82, 2.24) is 10.2 Å². The summed E-state index contributed by atoms with van der Waals surface area (Å²) in [7, 11) is 3.18. The Kier molecular flexibility index (Phi) is 5.80. The lowest BCUT2D eigenvalue weighted by atomic mass is 10.2. The molecule has 0 spiro atoms. The first-order valence-corrected chi connectivity index (χ1v) is 9.37. The SMILES string of the molecule is COc1ccc(-c2nnc(CNc3ccc(Oc4ccccc4)cc3)o2)cc1OC. The number of ether oxygens (including phenoxy) is 3. The Labute approximate surface area is 174 Å². The zero-order valence-corrected chi connectivity index (χ0v) is 16.7. The summed E-state index contributed by atoms with van der Waals surface area (Å²) in [5.74, 6) is 3.70. The highest BCUT2D eigenvalue weighted by atomic mass is 16.5. The van der Waals surface area contributed by atoms with Gasteiger partial charge in [-0.25, -0.2) is 0 Å². The van der Waals surface area contributed by atoms with Gasteiger partial charge in [0.1, 0.15) is 11.5 Å². The highest BCUT2D eigenvalue weighted by Gasteiger charge is 2.12. The normalized spacial score (nSPS) is 10.5. The van der Waals surface area contributed by atoms with E-state index in [4.69, 9.17) is 18.6 Å². The number of aromatic nitrogens is 2. The number of nitrogens with one attached hydrogen (secondary N) is 1. The van der Waals surface area contributed by atoms with Gasteiger partial charge in [0, 0.05) is 11.3 Å². The second-order valence-electron chi connectivity index (χ2n) is 6.36. The van der Waals surface area contributed by atoms with E-state index in [1.807, 2.05) is 60.7 Å². The monoisotopic (exact) mass is 403 g/mol. The van der Waals surface area contributed by atoms with Gasteiger partial charge in [0.15, 0.2) is 11.5 Å². The van der Waals surface area contributed by atoms with E-state index in [-0.39, 0.29) is 0 Å². The molecular weight excluding hydrogens is 382 g/mol. The number of nitrogens with zero attached hydrogens (tertiary/aromatic N) is 2. The summed E-state index contributed by atoms with van der Waals surface area (Å²) in [6.45, 7) is 0.402. The first-order chi connectivity index (χ1) is 14.7. The maximum Gasteiger partial charge on any atom is 0.247 e. The Morgan fingerprint density at radius 3 is 2.27 bits per heavy atom. The van der Waals surface area contributed by atoms with E-state index in [0.717, 1.165) is 22.7 Å². The zero-order valence-electron chi connectivity index (χ0n) is 16.7. The molecule has 0 aliphatic heterocycles.